The number of carbonyl (C=O) groups excluding carboxylic acids is 1. The van der Waals surface area contributed by atoms with E-state index in [1.165, 1.54) is 19.1 Å². The molecule has 2 rings (SSSR count). The quantitative estimate of drug-likeness (QED) is 0.770. The lowest BCUT2D eigenvalue weighted by Crippen LogP contribution is -2.19. The molecule has 0 aliphatic carbocycles. The monoisotopic (exact) mass is 335 g/mol. The van der Waals surface area contributed by atoms with Crippen LogP contribution in [-0.2, 0) is 6.54 Å². The number of hydrogen-bond acceptors (Lipinski definition) is 2. The Balaban J connectivity index is 2.27. The van der Waals surface area contributed by atoms with Crippen LogP contribution in [0.2, 0.25) is 0 Å². The molecule has 0 atom stereocenters. The molecule has 2 aromatic carbocycles. The Morgan fingerprint density at radius 2 is 1.85 bits per heavy atom. The lowest BCUT2D eigenvalue weighted by molar-refractivity contribution is 0.101. The van der Waals surface area contributed by atoms with Gasteiger partial charge in [0.1, 0.15) is 5.82 Å². The molecule has 20 heavy (non-hydrogen) atoms. The average Bonchev–Trinajstić information content (AvgIpc) is 2.41. The van der Waals surface area contributed by atoms with Crippen molar-refractivity contribution < 1.29 is 9.18 Å². The van der Waals surface area contributed by atoms with E-state index in [9.17, 15) is 9.18 Å². The van der Waals surface area contributed by atoms with E-state index < -0.39 is 5.82 Å². The summed E-state index contributed by atoms with van der Waals surface area (Å²) in [6.45, 7) is 2.10. The van der Waals surface area contributed by atoms with E-state index in [0.29, 0.717) is 12.1 Å². The van der Waals surface area contributed by atoms with Gasteiger partial charge in [0.25, 0.3) is 0 Å². The van der Waals surface area contributed by atoms with Crippen LogP contribution in [0, 0.1) is 5.82 Å². The molecule has 0 amide bonds. The second kappa shape index (κ2) is 6.18. The summed E-state index contributed by atoms with van der Waals surface area (Å²) in [6.07, 6.45) is 0. The first kappa shape index (κ1) is 14.7. The molecule has 104 valence electrons. The van der Waals surface area contributed by atoms with Gasteiger partial charge in [-0.05, 0) is 42.8 Å². The van der Waals surface area contributed by atoms with Gasteiger partial charge in [0, 0.05) is 29.3 Å². The smallest absolute Gasteiger partial charge is 0.161 e. The van der Waals surface area contributed by atoms with Gasteiger partial charge in [-0.25, -0.2) is 4.39 Å². The van der Waals surface area contributed by atoms with Crippen molar-refractivity contribution in [2.45, 2.75) is 13.5 Å². The molecule has 0 aromatic heterocycles. The third-order valence-electron chi connectivity index (χ3n) is 3.08. The Morgan fingerprint density at radius 3 is 2.45 bits per heavy atom. The van der Waals surface area contributed by atoms with Crippen LogP contribution in [-0.4, -0.2) is 12.8 Å². The molecule has 0 bridgehead atoms. The molecule has 0 saturated heterocycles. The van der Waals surface area contributed by atoms with E-state index in [-0.39, 0.29) is 5.78 Å². The number of halogens is 2. The largest absolute Gasteiger partial charge is 0.370 e. The summed E-state index contributed by atoms with van der Waals surface area (Å²) in [5.74, 6) is -0.529. The van der Waals surface area contributed by atoms with Crippen molar-refractivity contribution in [1.82, 2.24) is 0 Å². The molecule has 0 N–H and O–H groups in total. The third kappa shape index (κ3) is 3.45. The highest BCUT2D eigenvalue weighted by atomic mass is 79.9. The Labute approximate surface area is 126 Å². The van der Waals surface area contributed by atoms with Crippen molar-refractivity contribution in [3.05, 3.63) is 63.9 Å². The van der Waals surface area contributed by atoms with Crippen LogP contribution in [0.4, 0.5) is 10.1 Å². The van der Waals surface area contributed by atoms with E-state index in [4.69, 9.17) is 0 Å². The van der Waals surface area contributed by atoms with Crippen molar-refractivity contribution in [3.63, 3.8) is 0 Å². The molecule has 0 heterocycles. The minimum Gasteiger partial charge on any atom is -0.370 e. The molecular weight excluding hydrogens is 321 g/mol. The fraction of sp³-hybridized carbons (Fsp3) is 0.188. The second-order valence-corrected chi connectivity index (χ2v) is 5.62. The summed E-state index contributed by atoms with van der Waals surface area (Å²) in [4.78, 5) is 13.6. The van der Waals surface area contributed by atoms with Crippen molar-refractivity contribution >= 4 is 27.4 Å². The van der Waals surface area contributed by atoms with Gasteiger partial charge >= 0.3 is 0 Å². The molecule has 0 spiro atoms. The van der Waals surface area contributed by atoms with E-state index >= 15 is 0 Å². The summed E-state index contributed by atoms with van der Waals surface area (Å²) in [6, 6.07) is 12.3. The number of ketones is 1. The van der Waals surface area contributed by atoms with Gasteiger partial charge in [0.15, 0.2) is 5.78 Å². The molecule has 0 aliphatic rings. The highest BCUT2D eigenvalue weighted by Crippen LogP contribution is 2.23. The molecule has 0 saturated carbocycles. The van der Waals surface area contributed by atoms with Gasteiger partial charge in [-0.2, -0.15) is 0 Å². The SMILES string of the molecule is CC(=O)c1cc(F)ccc1N(C)Cc1ccc(Br)cc1. The number of anilines is 1. The standard InChI is InChI=1S/C16H15BrFNO/c1-11(20)15-9-14(18)7-8-16(15)19(2)10-12-3-5-13(17)6-4-12/h3-9H,10H2,1-2H3. The summed E-state index contributed by atoms with van der Waals surface area (Å²) < 4.78 is 14.3. The first-order chi connectivity index (χ1) is 9.47. The van der Waals surface area contributed by atoms with Gasteiger partial charge in [-0.3, -0.25) is 4.79 Å². The second-order valence-electron chi connectivity index (χ2n) is 4.70. The van der Waals surface area contributed by atoms with Gasteiger partial charge in [-0.1, -0.05) is 28.1 Å². The third-order valence-corrected chi connectivity index (χ3v) is 3.61. The van der Waals surface area contributed by atoms with E-state index in [0.717, 1.165) is 15.7 Å². The lowest BCUT2D eigenvalue weighted by atomic mass is 10.1. The normalized spacial score (nSPS) is 10.4. The number of nitrogens with zero attached hydrogens (tertiary/aromatic N) is 1. The lowest BCUT2D eigenvalue weighted by Gasteiger charge is -2.22. The van der Waals surface area contributed by atoms with Crippen LogP contribution in [0.1, 0.15) is 22.8 Å². The van der Waals surface area contributed by atoms with Crippen LogP contribution >= 0.6 is 15.9 Å². The van der Waals surface area contributed by atoms with Gasteiger partial charge in [0.2, 0.25) is 0 Å². The number of rotatable bonds is 4. The summed E-state index contributed by atoms with van der Waals surface area (Å²) in [5.41, 5.74) is 2.26. The van der Waals surface area contributed by atoms with Gasteiger partial charge < -0.3 is 4.90 Å². The van der Waals surface area contributed by atoms with Crippen molar-refractivity contribution in [3.8, 4) is 0 Å². The Kier molecular flexibility index (Phi) is 4.55. The van der Waals surface area contributed by atoms with E-state index in [1.54, 1.807) is 6.07 Å². The maximum Gasteiger partial charge on any atom is 0.161 e. The van der Waals surface area contributed by atoms with Crippen molar-refractivity contribution in [2.75, 3.05) is 11.9 Å². The van der Waals surface area contributed by atoms with Crippen LogP contribution in [0.25, 0.3) is 0 Å². The topological polar surface area (TPSA) is 20.3 Å². The van der Waals surface area contributed by atoms with Crippen LogP contribution in [0.5, 0.6) is 0 Å². The molecule has 0 radical (unpaired) electrons. The zero-order valence-corrected chi connectivity index (χ0v) is 12.9. The van der Waals surface area contributed by atoms with Gasteiger partial charge in [-0.15, -0.1) is 0 Å². The maximum atomic E-state index is 13.3. The Bertz CT molecular complexity index is 625. The predicted octanol–water partition coefficient (Wildman–Crippen LogP) is 4.43. The highest BCUT2D eigenvalue weighted by molar-refractivity contribution is 9.10. The molecule has 2 nitrogen and oxygen atoms in total. The molecule has 0 fully saturated rings. The van der Waals surface area contributed by atoms with Crippen molar-refractivity contribution in [2.24, 2.45) is 0 Å². The average molecular weight is 336 g/mol. The van der Waals surface area contributed by atoms with Crippen LogP contribution in [0.15, 0.2) is 46.9 Å². The molecule has 0 aliphatic heterocycles. The molecule has 2 aromatic rings. The van der Waals surface area contributed by atoms with E-state index in [2.05, 4.69) is 15.9 Å². The minimum atomic E-state index is -0.393. The van der Waals surface area contributed by atoms with Gasteiger partial charge in [0.05, 0.1) is 0 Å². The number of Topliss-reactive ketones (excluding diaryl/α,β-unsaturated/α-hetero) is 1. The molecule has 4 heteroatoms. The van der Waals surface area contributed by atoms with Crippen LogP contribution in [0.3, 0.4) is 0 Å². The fourth-order valence-electron chi connectivity index (χ4n) is 2.07. The number of hydrogen-bond donors (Lipinski definition) is 0. The first-order valence-corrected chi connectivity index (χ1v) is 7.03. The minimum absolute atomic E-state index is 0.137. The highest BCUT2D eigenvalue weighted by Gasteiger charge is 2.12. The number of benzene rings is 2. The zero-order valence-electron chi connectivity index (χ0n) is 11.4. The first-order valence-electron chi connectivity index (χ1n) is 6.23. The number of carbonyl (C=O) groups is 1. The van der Waals surface area contributed by atoms with Crippen molar-refractivity contribution in [1.29, 1.82) is 0 Å². The molecular formula is C16H15BrFNO. The maximum absolute atomic E-state index is 13.3. The summed E-state index contributed by atoms with van der Waals surface area (Å²) in [5, 5.41) is 0. The van der Waals surface area contributed by atoms with Crippen LogP contribution < -0.4 is 4.90 Å². The fourth-order valence-corrected chi connectivity index (χ4v) is 2.34. The Hall–Kier alpha value is -1.68. The zero-order chi connectivity index (χ0) is 14.7. The molecule has 0 unspecified atom stereocenters. The summed E-state index contributed by atoms with van der Waals surface area (Å²) >= 11 is 3.40. The Morgan fingerprint density at radius 1 is 1.20 bits per heavy atom. The summed E-state index contributed by atoms with van der Waals surface area (Å²) in [7, 11) is 1.89. The van der Waals surface area contributed by atoms with E-state index in [1.807, 2.05) is 36.2 Å². The predicted molar refractivity (Wildman–Crippen MR) is 82.7 cm³/mol.